The van der Waals surface area contributed by atoms with Gasteiger partial charge in [-0.25, -0.2) is 0 Å². The van der Waals surface area contributed by atoms with Gasteiger partial charge < -0.3 is 11.1 Å². The number of carbonyl (C=O) groups is 2. The van der Waals surface area contributed by atoms with Gasteiger partial charge in [-0.2, -0.15) is 8.42 Å². The van der Waals surface area contributed by atoms with Crippen LogP contribution >= 0.6 is 11.6 Å². The lowest BCUT2D eigenvalue weighted by Gasteiger charge is -2.20. The fourth-order valence-corrected chi connectivity index (χ4v) is 5.00. The van der Waals surface area contributed by atoms with Crippen molar-refractivity contribution < 1.29 is 22.6 Å². The summed E-state index contributed by atoms with van der Waals surface area (Å²) in [6.45, 7) is 6.17. The average molecular weight is 629 g/mol. The lowest BCUT2D eigenvalue weighted by atomic mass is 9.84. The summed E-state index contributed by atoms with van der Waals surface area (Å²) in [5.41, 5.74) is 8.84. The summed E-state index contributed by atoms with van der Waals surface area (Å²) in [6, 6.07) is 24.0. The van der Waals surface area contributed by atoms with E-state index in [1.165, 1.54) is 44.1 Å². The van der Waals surface area contributed by atoms with Gasteiger partial charge in [-0.15, -0.1) is 0 Å². The van der Waals surface area contributed by atoms with Crippen molar-refractivity contribution >= 4 is 33.5 Å². The zero-order chi connectivity index (χ0) is 31.9. The number of carbonyl (C=O) groups excluding carboxylic acids is 2. The first-order valence-electron chi connectivity index (χ1n) is 14.7. The molecule has 0 aliphatic heterocycles. The molecule has 0 saturated heterocycles. The van der Waals surface area contributed by atoms with E-state index in [4.69, 9.17) is 21.9 Å². The number of amides is 2. The molecule has 3 aromatic rings. The number of primary amides is 1. The molecule has 4 N–H and O–H groups in total. The highest BCUT2D eigenvalue weighted by molar-refractivity contribution is 7.85. The molecule has 1 aliphatic carbocycles. The zero-order valence-electron chi connectivity index (χ0n) is 25.4. The van der Waals surface area contributed by atoms with E-state index in [0.717, 1.165) is 16.1 Å². The van der Waals surface area contributed by atoms with E-state index in [1.807, 2.05) is 54.6 Å². The van der Waals surface area contributed by atoms with Gasteiger partial charge in [0.1, 0.15) is 0 Å². The van der Waals surface area contributed by atoms with E-state index >= 15 is 0 Å². The summed E-state index contributed by atoms with van der Waals surface area (Å²) in [7, 11) is -4.13. The minimum atomic E-state index is -4.13. The van der Waals surface area contributed by atoms with Gasteiger partial charge >= 0.3 is 0 Å². The molecule has 1 aliphatic rings. The third-order valence-electron chi connectivity index (χ3n) is 7.06. The molecule has 1 fully saturated rings. The topological polar surface area (TPSA) is 127 Å². The maximum absolute atomic E-state index is 12.0. The first kappa shape index (κ1) is 36.0. The number of halogens is 1. The Morgan fingerprint density at radius 2 is 1.37 bits per heavy atom. The predicted octanol–water partition coefficient (Wildman–Crippen LogP) is 7.09. The molecule has 2 amide bonds. The van der Waals surface area contributed by atoms with Crippen LogP contribution in [0.4, 0.5) is 0 Å². The van der Waals surface area contributed by atoms with E-state index in [1.54, 1.807) is 24.3 Å². The van der Waals surface area contributed by atoms with Crippen LogP contribution in [0.2, 0.25) is 5.02 Å². The highest BCUT2D eigenvalue weighted by Gasteiger charge is 2.20. The van der Waals surface area contributed by atoms with Crippen molar-refractivity contribution in [2.45, 2.75) is 77.0 Å². The van der Waals surface area contributed by atoms with E-state index in [0.29, 0.717) is 12.0 Å². The number of hydrogen-bond acceptors (Lipinski definition) is 4. The quantitative estimate of drug-likeness (QED) is 0.229. The number of nitrogens with one attached hydrogen (secondary N) is 1. The van der Waals surface area contributed by atoms with Gasteiger partial charge in [0.05, 0.1) is 11.7 Å². The minimum absolute atomic E-state index is 0.0124. The van der Waals surface area contributed by atoms with Crippen LogP contribution in [0.15, 0.2) is 78.9 Å². The molecule has 0 radical (unpaired) electrons. The van der Waals surface area contributed by atoms with Gasteiger partial charge in [-0.1, -0.05) is 125 Å². The predicted molar refractivity (Wildman–Crippen MR) is 175 cm³/mol. The monoisotopic (exact) mass is 628 g/mol. The Balaban J connectivity index is 0.000000402. The van der Waals surface area contributed by atoms with Gasteiger partial charge in [-0.3, -0.25) is 14.1 Å². The Bertz CT molecular complexity index is 1360. The van der Waals surface area contributed by atoms with E-state index < -0.39 is 33.6 Å². The van der Waals surface area contributed by atoms with Gasteiger partial charge in [0.15, 0.2) is 0 Å². The fraction of sp³-hybridized carbons (Fsp3) is 0.412. The van der Waals surface area contributed by atoms with Gasteiger partial charge in [0, 0.05) is 17.1 Å². The number of nitrogens with two attached hydrogens (primary N) is 1. The first-order chi connectivity index (χ1) is 20.3. The molecule has 1 saturated carbocycles. The smallest absolute Gasteiger partial charge is 0.266 e. The summed E-state index contributed by atoms with van der Waals surface area (Å²) in [6.07, 6.45) is 9.40. The second-order valence-electron chi connectivity index (χ2n) is 11.7. The first-order valence-corrected chi connectivity index (χ1v) is 16.7. The van der Waals surface area contributed by atoms with Gasteiger partial charge in [0.2, 0.25) is 5.91 Å². The zero-order valence-corrected chi connectivity index (χ0v) is 27.0. The number of hydrogen-bond donors (Lipinski definition) is 3. The minimum Gasteiger partial charge on any atom is -0.369 e. The van der Waals surface area contributed by atoms with Crippen LogP contribution in [0.3, 0.4) is 0 Å². The van der Waals surface area contributed by atoms with Crippen LogP contribution in [-0.4, -0.2) is 37.1 Å². The maximum atomic E-state index is 12.0. The van der Waals surface area contributed by atoms with Crippen LogP contribution in [0.25, 0.3) is 0 Å². The lowest BCUT2D eigenvalue weighted by Crippen LogP contribution is -2.28. The van der Waals surface area contributed by atoms with Crippen LogP contribution in [0.1, 0.15) is 92.3 Å². The number of rotatable bonds is 8. The Hall–Kier alpha value is -3.20. The fourth-order valence-electron chi connectivity index (χ4n) is 4.50. The second-order valence-corrected chi connectivity index (χ2v) is 13.7. The second kappa shape index (κ2) is 17.8. The summed E-state index contributed by atoms with van der Waals surface area (Å²) in [5.74, 6) is -1.92. The SMILES string of the molecule is C1CCCCC1.CC(C)(C)c1ccc(C(Cc2ccc(C(=O)NCCS(=O)(=O)O)cc2)C(N)=O)cc1.Clc1ccccc1. The summed E-state index contributed by atoms with van der Waals surface area (Å²) >= 11 is 5.54. The van der Waals surface area contributed by atoms with Crippen molar-refractivity contribution in [1.82, 2.24) is 5.32 Å². The van der Waals surface area contributed by atoms with Gasteiger partial charge in [-0.05, 0) is 52.8 Å². The molecule has 0 aromatic heterocycles. The third-order valence-corrected chi connectivity index (χ3v) is 8.03. The summed E-state index contributed by atoms with van der Waals surface area (Å²) in [4.78, 5) is 24.1. The Morgan fingerprint density at radius 1 is 0.860 bits per heavy atom. The maximum Gasteiger partial charge on any atom is 0.266 e. The van der Waals surface area contributed by atoms with Crippen LogP contribution in [0, 0.1) is 0 Å². The molecule has 43 heavy (non-hydrogen) atoms. The number of benzene rings is 3. The van der Waals surface area contributed by atoms with E-state index in [-0.39, 0.29) is 12.0 Å². The van der Waals surface area contributed by atoms with Crippen LogP contribution in [0.5, 0.6) is 0 Å². The van der Waals surface area contributed by atoms with Crippen molar-refractivity contribution in [2.75, 3.05) is 12.3 Å². The molecule has 9 heteroatoms. The van der Waals surface area contributed by atoms with Crippen molar-refractivity contribution in [3.05, 3.63) is 106 Å². The molecule has 4 rings (SSSR count). The van der Waals surface area contributed by atoms with E-state index in [9.17, 15) is 18.0 Å². The third kappa shape index (κ3) is 14.7. The van der Waals surface area contributed by atoms with E-state index in [2.05, 4.69) is 26.1 Å². The molecule has 3 aromatic carbocycles. The Labute approximate surface area is 262 Å². The molecule has 1 atom stereocenters. The van der Waals surface area contributed by atoms with Gasteiger partial charge in [0.25, 0.3) is 16.0 Å². The molecule has 7 nitrogen and oxygen atoms in total. The summed E-state index contributed by atoms with van der Waals surface area (Å²) < 4.78 is 30.1. The largest absolute Gasteiger partial charge is 0.369 e. The molecular formula is C34H45ClN2O5S. The van der Waals surface area contributed by atoms with Crippen molar-refractivity contribution in [3.8, 4) is 0 Å². The van der Waals surface area contributed by atoms with Crippen LogP contribution in [-0.2, 0) is 26.7 Å². The molecule has 1 unspecified atom stereocenters. The van der Waals surface area contributed by atoms with Crippen molar-refractivity contribution in [3.63, 3.8) is 0 Å². The van der Waals surface area contributed by atoms with Crippen LogP contribution < -0.4 is 11.1 Å². The molecule has 0 spiro atoms. The van der Waals surface area contributed by atoms with Crippen molar-refractivity contribution in [2.24, 2.45) is 5.73 Å². The molecular weight excluding hydrogens is 584 g/mol. The standard InChI is InChI=1S/C22H28N2O5S.C6H5Cl.C6H12/c1-22(2,3)18-10-8-16(9-11-18)19(20(23)25)14-15-4-6-17(7-5-15)21(26)24-12-13-30(27,28)29;7-6-4-2-1-3-5-6;1-2-4-6-5-3-1/h4-11,19H,12-14H2,1-3H3,(H2,23,25)(H,24,26)(H,27,28,29);1-5H;1-6H2. The van der Waals surface area contributed by atoms with Crippen molar-refractivity contribution in [1.29, 1.82) is 0 Å². The highest BCUT2D eigenvalue weighted by atomic mass is 35.5. The Kier molecular flexibility index (Phi) is 14.9. The normalized spacial score (nSPS) is 13.8. The highest BCUT2D eigenvalue weighted by Crippen LogP contribution is 2.26. The molecule has 0 heterocycles. The molecule has 0 bridgehead atoms. The summed E-state index contributed by atoms with van der Waals surface area (Å²) in [5, 5.41) is 3.22. The average Bonchev–Trinajstić information content (AvgIpc) is 2.97. The molecule has 234 valence electrons. The lowest BCUT2D eigenvalue weighted by molar-refractivity contribution is -0.119. The Morgan fingerprint density at radius 3 is 1.77 bits per heavy atom.